The van der Waals surface area contributed by atoms with Gasteiger partial charge in [-0.15, -0.1) is 0 Å². The van der Waals surface area contributed by atoms with Crippen molar-refractivity contribution in [1.29, 1.82) is 0 Å². The van der Waals surface area contributed by atoms with E-state index in [2.05, 4.69) is 6.08 Å². The Bertz CT molecular complexity index is 565. The fraction of sp³-hybridized carbons (Fsp3) is 0.500. The number of methoxy groups -OCH3 is 1. The Morgan fingerprint density at radius 2 is 1.76 bits per heavy atom. The van der Waals surface area contributed by atoms with E-state index >= 15 is 0 Å². The van der Waals surface area contributed by atoms with E-state index in [1.54, 1.807) is 7.11 Å². The highest BCUT2D eigenvalue weighted by atomic mass is 16.5. The van der Waals surface area contributed by atoms with Gasteiger partial charge in [-0.1, -0.05) is 45.9 Å². The van der Waals surface area contributed by atoms with Crippen molar-refractivity contribution in [3.8, 4) is 5.75 Å². The van der Waals surface area contributed by atoms with Crippen molar-refractivity contribution in [2.75, 3.05) is 7.11 Å². The molecule has 0 spiro atoms. The predicted octanol–water partition coefficient (Wildman–Crippen LogP) is 4.24. The van der Waals surface area contributed by atoms with Crippen LogP contribution in [-0.4, -0.2) is 18.2 Å². The minimum Gasteiger partial charge on any atom is -0.497 e. The largest absolute Gasteiger partial charge is 0.497 e. The third kappa shape index (κ3) is 2.97. The summed E-state index contributed by atoms with van der Waals surface area (Å²) in [6, 6.07) is 7.97. The van der Waals surface area contributed by atoms with Crippen molar-refractivity contribution in [3.05, 3.63) is 35.9 Å². The molecule has 0 radical (unpaired) electrons. The number of hydrogen-bond donors (Lipinski definition) is 1. The molecule has 0 fully saturated rings. The van der Waals surface area contributed by atoms with Gasteiger partial charge in [0, 0.05) is 0 Å². The molecule has 0 heterocycles. The molecule has 0 amide bonds. The second-order valence-electron chi connectivity index (χ2n) is 7.16. The summed E-state index contributed by atoms with van der Waals surface area (Å²) in [5, 5.41) is 9.59. The van der Waals surface area contributed by atoms with Gasteiger partial charge in [-0.25, -0.2) is 0 Å². The van der Waals surface area contributed by atoms with Crippen LogP contribution in [0.2, 0.25) is 0 Å². The highest BCUT2D eigenvalue weighted by molar-refractivity contribution is 5.77. The molecule has 1 N–H and O–H groups in total. The molecule has 114 valence electrons. The Labute approximate surface area is 126 Å². The normalized spacial score (nSPS) is 23.3. The van der Waals surface area contributed by atoms with Gasteiger partial charge < -0.3 is 9.84 Å². The number of rotatable bonds is 3. The molecule has 0 unspecified atom stereocenters. The highest BCUT2D eigenvalue weighted by Gasteiger charge is 2.48. The van der Waals surface area contributed by atoms with Gasteiger partial charge in [0.1, 0.15) is 5.75 Å². The maximum atomic E-state index is 11.7. The molecule has 3 nitrogen and oxygen atoms in total. The van der Waals surface area contributed by atoms with Crippen LogP contribution in [0.3, 0.4) is 0 Å². The van der Waals surface area contributed by atoms with Gasteiger partial charge in [-0.3, -0.25) is 4.79 Å². The smallest absolute Gasteiger partial charge is 0.307 e. The number of carbonyl (C=O) groups is 1. The zero-order valence-electron chi connectivity index (χ0n) is 13.4. The molecule has 1 aliphatic rings. The van der Waals surface area contributed by atoms with Crippen LogP contribution in [0.5, 0.6) is 5.75 Å². The van der Waals surface area contributed by atoms with Crippen LogP contribution in [0.25, 0.3) is 5.57 Å². The Balaban J connectivity index is 2.44. The van der Waals surface area contributed by atoms with Gasteiger partial charge in [-0.2, -0.15) is 0 Å². The third-order valence-corrected chi connectivity index (χ3v) is 4.43. The second-order valence-corrected chi connectivity index (χ2v) is 7.16. The van der Waals surface area contributed by atoms with Crippen molar-refractivity contribution in [1.82, 2.24) is 0 Å². The Kier molecular flexibility index (Phi) is 3.87. The lowest BCUT2D eigenvalue weighted by atomic mass is 9.58. The quantitative estimate of drug-likeness (QED) is 0.905. The molecule has 0 saturated heterocycles. The zero-order valence-corrected chi connectivity index (χ0v) is 13.4. The van der Waals surface area contributed by atoms with E-state index in [0.29, 0.717) is 0 Å². The first kappa shape index (κ1) is 15.6. The van der Waals surface area contributed by atoms with Gasteiger partial charge in [0.05, 0.1) is 13.0 Å². The lowest BCUT2D eigenvalue weighted by molar-refractivity contribution is -0.150. The van der Waals surface area contributed by atoms with Crippen LogP contribution in [0, 0.1) is 16.7 Å². The third-order valence-electron chi connectivity index (χ3n) is 4.43. The number of carboxylic acid groups (broad SMARTS) is 1. The van der Waals surface area contributed by atoms with Crippen molar-refractivity contribution < 1.29 is 14.6 Å². The standard InChI is InChI=1S/C18H24O3/c1-17(2)10-13(11-18(3,4)15(17)16(19)20)12-6-8-14(21-5)9-7-12/h6-10,15H,11H2,1-5H3,(H,19,20)/t15-/m0/s1. The molecule has 3 heteroatoms. The topological polar surface area (TPSA) is 46.5 Å². The monoisotopic (exact) mass is 288 g/mol. The minimum atomic E-state index is -0.713. The van der Waals surface area contributed by atoms with Crippen LogP contribution in [-0.2, 0) is 4.79 Å². The average Bonchev–Trinajstić information content (AvgIpc) is 2.35. The SMILES string of the molecule is COc1ccc(C2=CC(C)(C)[C@H](C(=O)O)C(C)(C)C2)cc1. The number of benzene rings is 1. The molecule has 1 atom stereocenters. The minimum absolute atomic E-state index is 0.278. The first-order valence-corrected chi connectivity index (χ1v) is 7.26. The van der Waals surface area contributed by atoms with Gasteiger partial charge in [0.2, 0.25) is 0 Å². The van der Waals surface area contributed by atoms with Gasteiger partial charge in [0.15, 0.2) is 0 Å². The maximum absolute atomic E-state index is 11.7. The molecular formula is C18H24O3. The van der Waals surface area contributed by atoms with Crippen LogP contribution < -0.4 is 4.74 Å². The zero-order chi connectivity index (χ0) is 15.8. The van der Waals surface area contributed by atoms with E-state index in [-0.39, 0.29) is 16.7 Å². The number of aliphatic carboxylic acids is 1. The second kappa shape index (κ2) is 5.21. The summed E-state index contributed by atoms with van der Waals surface area (Å²) < 4.78 is 5.19. The van der Waals surface area contributed by atoms with Crippen molar-refractivity contribution in [2.45, 2.75) is 34.1 Å². The predicted molar refractivity (Wildman–Crippen MR) is 84.3 cm³/mol. The van der Waals surface area contributed by atoms with E-state index < -0.39 is 5.97 Å². The fourth-order valence-corrected chi connectivity index (χ4v) is 3.83. The maximum Gasteiger partial charge on any atom is 0.307 e. The Morgan fingerprint density at radius 1 is 1.19 bits per heavy atom. The molecule has 1 aliphatic carbocycles. The first-order chi connectivity index (χ1) is 9.67. The Morgan fingerprint density at radius 3 is 2.19 bits per heavy atom. The average molecular weight is 288 g/mol. The van der Waals surface area contributed by atoms with Crippen LogP contribution >= 0.6 is 0 Å². The number of allylic oxidation sites excluding steroid dienone is 2. The summed E-state index contributed by atoms with van der Waals surface area (Å²) >= 11 is 0. The molecule has 1 aromatic rings. The summed E-state index contributed by atoms with van der Waals surface area (Å²) in [4.78, 5) is 11.7. The molecule has 2 rings (SSSR count). The van der Waals surface area contributed by atoms with Gasteiger partial charge >= 0.3 is 5.97 Å². The molecule has 21 heavy (non-hydrogen) atoms. The highest BCUT2D eigenvalue weighted by Crippen LogP contribution is 2.52. The van der Waals surface area contributed by atoms with Crippen LogP contribution in [0.1, 0.15) is 39.7 Å². The molecular weight excluding hydrogens is 264 g/mol. The summed E-state index contributed by atoms with van der Waals surface area (Å²) in [5.74, 6) is -0.265. The van der Waals surface area contributed by atoms with Crippen LogP contribution in [0.4, 0.5) is 0 Å². The van der Waals surface area contributed by atoms with E-state index in [0.717, 1.165) is 17.7 Å². The molecule has 0 aliphatic heterocycles. The number of ether oxygens (including phenoxy) is 1. The van der Waals surface area contributed by atoms with E-state index in [4.69, 9.17) is 4.74 Å². The number of hydrogen-bond acceptors (Lipinski definition) is 2. The summed E-state index contributed by atoms with van der Waals surface area (Å²) in [6.07, 6.45) is 2.89. The lowest BCUT2D eigenvalue weighted by Crippen LogP contribution is -2.43. The summed E-state index contributed by atoms with van der Waals surface area (Å²) in [7, 11) is 1.65. The molecule has 0 bridgehead atoms. The van der Waals surface area contributed by atoms with Gasteiger partial charge in [-0.05, 0) is 40.5 Å². The Hall–Kier alpha value is -1.77. The van der Waals surface area contributed by atoms with E-state index in [1.165, 1.54) is 5.57 Å². The summed E-state index contributed by atoms with van der Waals surface area (Å²) in [6.45, 7) is 8.11. The van der Waals surface area contributed by atoms with Crippen molar-refractivity contribution in [3.63, 3.8) is 0 Å². The fourth-order valence-electron chi connectivity index (χ4n) is 3.83. The molecule has 0 saturated carbocycles. The van der Waals surface area contributed by atoms with Gasteiger partial charge in [0.25, 0.3) is 0 Å². The summed E-state index contributed by atoms with van der Waals surface area (Å²) in [5.41, 5.74) is 1.70. The first-order valence-electron chi connectivity index (χ1n) is 7.26. The molecule has 0 aromatic heterocycles. The van der Waals surface area contributed by atoms with Crippen LogP contribution in [0.15, 0.2) is 30.3 Å². The van der Waals surface area contributed by atoms with Crippen molar-refractivity contribution >= 4 is 11.5 Å². The molecule has 1 aromatic carbocycles. The van der Waals surface area contributed by atoms with Crippen molar-refractivity contribution in [2.24, 2.45) is 16.7 Å². The van der Waals surface area contributed by atoms with E-state index in [1.807, 2.05) is 52.0 Å². The van der Waals surface area contributed by atoms with E-state index in [9.17, 15) is 9.90 Å². The lowest BCUT2D eigenvalue weighted by Gasteiger charge is -2.45. The number of carboxylic acids is 1.